The van der Waals surface area contributed by atoms with Gasteiger partial charge in [-0.25, -0.2) is 0 Å². The minimum atomic E-state index is -4.52. The number of phenolic OH excluding ortho intramolecular Hbond substituents is 1. The first-order valence-corrected chi connectivity index (χ1v) is 9.91. The van der Waals surface area contributed by atoms with Crippen molar-refractivity contribution in [2.24, 2.45) is 5.92 Å². The van der Waals surface area contributed by atoms with Gasteiger partial charge < -0.3 is 15.1 Å². The number of benzene rings is 1. The van der Waals surface area contributed by atoms with Gasteiger partial charge in [-0.3, -0.25) is 0 Å². The van der Waals surface area contributed by atoms with Crippen molar-refractivity contribution in [3.05, 3.63) is 40.6 Å². The van der Waals surface area contributed by atoms with E-state index in [1.165, 1.54) is 6.07 Å². The number of phenols is 1. The van der Waals surface area contributed by atoms with Crippen molar-refractivity contribution < 1.29 is 23.4 Å². The lowest BCUT2D eigenvalue weighted by molar-refractivity contribution is -0.137. The summed E-state index contributed by atoms with van der Waals surface area (Å²) >= 11 is 0. The number of fused-ring (bicyclic) bond motifs is 1. The molecule has 1 aromatic heterocycles. The van der Waals surface area contributed by atoms with Crippen LogP contribution in [0.1, 0.15) is 47.8 Å². The van der Waals surface area contributed by atoms with Gasteiger partial charge in [0, 0.05) is 18.0 Å². The molecule has 2 aliphatic rings. The largest absolute Gasteiger partial charge is 0.507 e. The molecule has 29 heavy (non-hydrogen) atoms. The molecule has 0 amide bonds. The van der Waals surface area contributed by atoms with Gasteiger partial charge in [-0.2, -0.15) is 18.3 Å². The molecule has 5 nitrogen and oxygen atoms in total. The van der Waals surface area contributed by atoms with Gasteiger partial charge >= 0.3 is 6.18 Å². The van der Waals surface area contributed by atoms with E-state index < -0.39 is 23.6 Å². The number of rotatable bonds is 3. The quantitative estimate of drug-likeness (QED) is 0.812. The number of hydrogen-bond acceptors (Lipinski definition) is 5. The van der Waals surface area contributed by atoms with E-state index in [0.29, 0.717) is 17.8 Å². The lowest BCUT2D eigenvalue weighted by Crippen LogP contribution is -2.35. The monoisotopic (exact) mass is 407 g/mol. The molecule has 1 saturated heterocycles. The normalized spacial score (nSPS) is 21.2. The first kappa shape index (κ1) is 20.1. The summed E-state index contributed by atoms with van der Waals surface area (Å²) in [6.07, 6.45) is -0.993. The van der Waals surface area contributed by atoms with Gasteiger partial charge in [0.1, 0.15) is 17.5 Å². The van der Waals surface area contributed by atoms with E-state index in [1.54, 1.807) is 0 Å². The van der Waals surface area contributed by atoms with Crippen LogP contribution in [-0.2, 0) is 19.0 Å². The third kappa shape index (κ3) is 3.83. The maximum atomic E-state index is 12.9. The Hall–Kier alpha value is -2.19. The number of alkyl halides is 3. The number of likely N-dealkylation sites (tertiary alicyclic amines) is 1. The molecule has 0 spiro atoms. The highest BCUT2D eigenvalue weighted by Gasteiger charge is 2.34. The molecule has 0 saturated carbocycles. The fourth-order valence-corrected chi connectivity index (χ4v) is 4.56. The lowest BCUT2D eigenvalue weighted by Gasteiger charge is -2.33. The Bertz CT molecular complexity index is 917. The first-order valence-electron chi connectivity index (χ1n) is 9.91. The Kier molecular flexibility index (Phi) is 5.25. The molecular weight excluding hydrogens is 383 g/mol. The summed E-state index contributed by atoms with van der Waals surface area (Å²) in [5.74, 6) is -0.386. The Morgan fingerprint density at radius 2 is 1.90 bits per heavy atom. The molecule has 2 N–H and O–H groups in total. The van der Waals surface area contributed by atoms with E-state index in [1.807, 2.05) is 7.05 Å². The molecule has 0 radical (unpaired) electrons. The highest BCUT2D eigenvalue weighted by molar-refractivity contribution is 5.71. The van der Waals surface area contributed by atoms with E-state index in [4.69, 9.17) is 0 Å². The molecule has 2 atom stereocenters. The number of aromatic hydroxyl groups is 1. The Labute approximate surface area is 167 Å². The molecule has 156 valence electrons. The predicted molar refractivity (Wildman–Crippen MR) is 101 cm³/mol. The average molecular weight is 407 g/mol. The smallest absolute Gasteiger partial charge is 0.416 e. The minimum Gasteiger partial charge on any atom is -0.507 e. The third-order valence-electron chi connectivity index (χ3n) is 6.04. The van der Waals surface area contributed by atoms with Crippen LogP contribution in [-0.4, -0.2) is 45.4 Å². The van der Waals surface area contributed by atoms with Crippen molar-refractivity contribution >= 4 is 0 Å². The molecule has 4 rings (SSSR count). The molecule has 1 aliphatic carbocycles. The summed E-state index contributed by atoms with van der Waals surface area (Å²) < 4.78 is 38.7. The molecule has 2 heterocycles. The van der Waals surface area contributed by atoms with Gasteiger partial charge in [-0.1, -0.05) is 0 Å². The van der Waals surface area contributed by atoms with Crippen LogP contribution in [0.5, 0.6) is 5.75 Å². The fourth-order valence-electron chi connectivity index (χ4n) is 4.56. The molecule has 1 fully saturated rings. The summed E-state index contributed by atoms with van der Waals surface area (Å²) in [7, 11) is 2.03. The van der Waals surface area contributed by atoms with Crippen LogP contribution in [0.15, 0.2) is 18.2 Å². The molecule has 0 bridgehead atoms. The van der Waals surface area contributed by atoms with E-state index in [9.17, 15) is 23.4 Å². The molecular formula is C21H24F3N3O2. The van der Waals surface area contributed by atoms with Crippen LogP contribution < -0.4 is 0 Å². The number of aromatic nitrogens is 2. The van der Waals surface area contributed by atoms with Gasteiger partial charge in [0.25, 0.3) is 0 Å². The minimum absolute atomic E-state index is 0.0815. The zero-order chi connectivity index (χ0) is 20.8. The topological polar surface area (TPSA) is 69.5 Å². The summed E-state index contributed by atoms with van der Waals surface area (Å²) in [4.78, 5) is 2.19. The van der Waals surface area contributed by atoms with Gasteiger partial charge in [-0.05, 0) is 75.0 Å². The maximum Gasteiger partial charge on any atom is 0.416 e. The van der Waals surface area contributed by atoms with Gasteiger partial charge in [0.05, 0.1) is 11.3 Å². The van der Waals surface area contributed by atoms with Crippen molar-refractivity contribution in [1.82, 2.24) is 15.1 Å². The summed E-state index contributed by atoms with van der Waals surface area (Å²) in [5, 5.41) is 29.7. The second-order valence-corrected chi connectivity index (χ2v) is 8.08. The number of aliphatic hydroxyl groups excluding tert-OH is 1. The predicted octanol–water partition coefficient (Wildman–Crippen LogP) is 3.73. The number of piperidine rings is 1. The highest BCUT2D eigenvalue weighted by Crippen LogP contribution is 2.41. The summed E-state index contributed by atoms with van der Waals surface area (Å²) in [6, 6.07) is 2.91. The van der Waals surface area contributed by atoms with Crippen LogP contribution in [0.2, 0.25) is 0 Å². The zero-order valence-corrected chi connectivity index (χ0v) is 16.2. The number of nitrogens with zero attached hydrogens (tertiary/aromatic N) is 3. The first-order chi connectivity index (χ1) is 13.8. The lowest BCUT2D eigenvalue weighted by atomic mass is 9.88. The second-order valence-electron chi connectivity index (χ2n) is 8.08. The van der Waals surface area contributed by atoms with Gasteiger partial charge in [0.2, 0.25) is 0 Å². The highest BCUT2D eigenvalue weighted by atomic mass is 19.4. The van der Waals surface area contributed by atoms with E-state index in [2.05, 4.69) is 15.1 Å². The van der Waals surface area contributed by atoms with Crippen LogP contribution in [0.25, 0.3) is 11.3 Å². The number of aliphatic hydroxyl groups is 1. The molecule has 1 unspecified atom stereocenters. The average Bonchev–Trinajstić information content (AvgIpc) is 3.16. The van der Waals surface area contributed by atoms with Crippen molar-refractivity contribution in [2.75, 3.05) is 20.1 Å². The van der Waals surface area contributed by atoms with Crippen LogP contribution in [0.4, 0.5) is 13.2 Å². The van der Waals surface area contributed by atoms with E-state index in [-0.39, 0.29) is 11.5 Å². The van der Waals surface area contributed by atoms with Crippen LogP contribution >= 0.6 is 0 Å². The molecule has 2 aromatic rings. The molecule has 1 aliphatic heterocycles. The van der Waals surface area contributed by atoms with E-state index >= 15 is 0 Å². The zero-order valence-electron chi connectivity index (χ0n) is 16.2. The third-order valence-corrected chi connectivity index (χ3v) is 6.04. The Balaban J connectivity index is 1.70. The van der Waals surface area contributed by atoms with Crippen molar-refractivity contribution in [2.45, 2.75) is 44.4 Å². The molecule has 1 aromatic carbocycles. The molecule has 8 heteroatoms. The van der Waals surface area contributed by atoms with Crippen molar-refractivity contribution in [3.8, 4) is 17.0 Å². The number of hydrogen-bond donors (Lipinski definition) is 2. The van der Waals surface area contributed by atoms with Crippen LogP contribution in [0.3, 0.4) is 0 Å². The number of halogens is 3. The second kappa shape index (κ2) is 7.57. The standard InChI is InChI=1S/C21H24F3N3O2/c1-27-9-3-4-12(11-27)20(29)19-15-6-2-5-14(15)18(25-26-19)16-8-7-13(10-17(16)28)21(22,23)24/h7-8,10,12,20,28-29H,2-6,9,11H2,1H3/t12?,20-/m1/s1. The van der Waals surface area contributed by atoms with Crippen molar-refractivity contribution in [1.29, 1.82) is 0 Å². The summed E-state index contributed by atoms with van der Waals surface area (Å²) in [6.45, 7) is 1.80. The maximum absolute atomic E-state index is 12.9. The SMILES string of the molecule is CN1CCCC([C@@H](O)c2nnc(-c3ccc(C(F)(F)F)cc3O)c3c2CCC3)C1. The summed E-state index contributed by atoms with van der Waals surface area (Å²) in [5.41, 5.74) is 2.11. The van der Waals surface area contributed by atoms with Crippen molar-refractivity contribution in [3.63, 3.8) is 0 Å². The Morgan fingerprint density at radius 1 is 1.14 bits per heavy atom. The fraction of sp³-hybridized carbons (Fsp3) is 0.524. The Morgan fingerprint density at radius 3 is 2.59 bits per heavy atom. The van der Waals surface area contributed by atoms with Crippen LogP contribution in [0, 0.1) is 5.92 Å². The van der Waals surface area contributed by atoms with E-state index in [0.717, 1.165) is 62.0 Å². The van der Waals surface area contributed by atoms with Gasteiger partial charge in [-0.15, -0.1) is 5.10 Å². The van der Waals surface area contributed by atoms with Gasteiger partial charge in [0.15, 0.2) is 0 Å².